The molecule has 0 saturated carbocycles. The van der Waals surface area contributed by atoms with Crippen molar-refractivity contribution in [2.75, 3.05) is 19.6 Å². The second-order valence-corrected chi connectivity index (χ2v) is 26.1. The Morgan fingerprint density at radius 3 is 1.06 bits per heavy atom. The van der Waals surface area contributed by atoms with E-state index in [-0.39, 0.29) is 0 Å². The molecule has 0 heterocycles. The molecular weight excluding hydrogens is 1160 g/mol. The van der Waals surface area contributed by atoms with Crippen LogP contribution >= 0.6 is 0 Å². The predicted octanol–water partition coefficient (Wildman–Crippen LogP) is 26.2. The topological polar surface area (TPSA) is 13.0 Å². The molecule has 0 aromatic heterocycles. The van der Waals surface area contributed by atoms with Crippen LogP contribution in [0.25, 0.3) is 64.6 Å². The van der Waals surface area contributed by atoms with E-state index >= 15 is 0 Å². The van der Waals surface area contributed by atoms with Gasteiger partial charge in [-0.3, -0.25) is 0 Å². The predicted molar refractivity (Wildman–Crippen MR) is 413 cm³/mol. The number of aryl methyl sites for hydroxylation is 7. The minimum absolute atomic E-state index is 0.760. The lowest BCUT2D eigenvalue weighted by Crippen LogP contribution is -2.13. The number of fused-ring (bicyclic) bond motifs is 9. The average molecular weight is 1240 g/mol. The van der Waals surface area contributed by atoms with Crippen molar-refractivity contribution in [3.8, 4) is 0 Å². The molecule has 4 heteroatoms. The summed E-state index contributed by atoms with van der Waals surface area (Å²) in [7, 11) is 0. The highest BCUT2D eigenvalue weighted by Crippen LogP contribution is 2.51. The maximum Gasteiger partial charge on any atom is 0.0618 e. The molecular formula is C92H74N4. The second kappa shape index (κ2) is 24.6. The Kier molecular flexibility index (Phi) is 15.2. The van der Waals surface area contributed by atoms with Gasteiger partial charge < -0.3 is 19.6 Å². The van der Waals surface area contributed by atoms with Gasteiger partial charge in [0.05, 0.1) is 22.7 Å². The van der Waals surface area contributed by atoms with Gasteiger partial charge in [-0.2, -0.15) is 0 Å². The molecule has 0 amide bonds. The van der Waals surface area contributed by atoms with E-state index in [0.717, 1.165) is 74.7 Å². The first kappa shape index (κ1) is 59.3. The monoisotopic (exact) mass is 1230 g/mol. The highest BCUT2D eigenvalue weighted by atomic mass is 15.2. The van der Waals surface area contributed by atoms with Gasteiger partial charge in [-0.25, -0.2) is 0 Å². The van der Waals surface area contributed by atoms with Crippen molar-refractivity contribution in [2.45, 2.75) is 54.9 Å². The number of rotatable bonds is 14. The summed E-state index contributed by atoms with van der Waals surface area (Å²) >= 11 is 0. The summed E-state index contributed by atoms with van der Waals surface area (Å²) in [5, 5.41) is 14.4. The zero-order valence-electron chi connectivity index (χ0n) is 55.4. The van der Waals surface area contributed by atoms with Crippen LogP contribution < -0.4 is 19.6 Å². The molecule has 0 unspecified atom stereocenters. The SMILES string of the molecule is Cc1ccc(N(c2ccc(C)c(C)c2)c2cc3c4ccccc4c(N(c4ccc(C)c(C)c4)c4ccc(Cc5cccc(N(c6ccccc6)c6cccc7c6ccc6c(N(c8ccccc8)c8ccccc8)c8ccccc8cc67)c5)c(C)c4)cc3c3ccccc23)cc1C. The van der Waals surface area contributed by atoms with Gasteiger partial charge in [0, 0.05) is 72.4 Å². The van der Waals surface area contributed by atoms with Gasteiger partial charge in [0.2, 0.25) is 0 Å². The summed E-state index contributed by atoms with van der Waals surface area (Å²) in [4.78, 5) is 9.85. The summed E-state index contributed by atoms with van der Waals surface area (Å²) in [5.74, 6) is 0. The van der Waals surface area contributed by atoms with Gasteiger partial charge in [0.15, 0.2) is 0 Å². The summed E-state index contributed by atoms with van der Waals surface area (Å²) in [6, 6.07) is 115. The lowest BCUT2D eigenvalue weighted by molar-refractivity contribution is 1.14. The molecule has 0 radical (unpaired) electrons. The molecule has 16 aromatic rings. The van der Waals surface area contributed by atoms with Crippen LogP contribution in [0, 0.1) is 48.5 Å². The molecule has 0 aliphatic carbocycles. The molecule has 4 nitrogen and oxygen atoms in total. The number of para-hydroxylation sites is 3. The van der Waals surface area contributed by atoms with Gasteiger partial charge in [-0.05, 0) is 264 Å². The second-order valence-electron chi connectivity index (χ2n) is 26.1. The van der Waals surface area contributed by atoms with Crippen LogP contribution in [0.15, 0.2) is 309 Å². The smallest absolute Gasteiger partial charge is 0.0618 e. The molecule has 96 heavy (non-hydrogen) atoms. The lowest BCUT2D eigenvalue weighted by Gasteiger charge is -2.30. The minimum Gasteiger partial charge on any atom is -0.310 e. The van der Waals surface area contributed by atoms with Gasteiger partial charge in [-0.1, -0.05) is 188 Å². The van der Waals surface area contributed by atoms with Crippen LogP contribution in [-0.2, 0) is 6.42 Å². The van der Waals surface area contributed by atoms with Crippen LogP contribution in [-0.4, -0.2) is 0 Å². The molecule has 16 rings (SSSR count). The fourth-order valence-corrected chi connectivity index (χ4v) is 14.6. The quantitative estimate of drug-likeness (QED) is 0.0795. The van der Waals surface area contributed by atoms with Crippen LogP contribution in [0.2, 0.25) is 0 Å². The van der Waals surface area contributed by atoms with E-state index in [4.69, 9.17) is 0 Å². The Balaban J connectivity index is 0.801. The van der Waals surface area contributed by atoms with E-state index < -0.39 is 0 Å². The maximum absolute atomic E-state index is 2.50. The summed E-state index contributed by atoms with van der Waals surface area (Å²) in [6.45, 7) is 15.6. The largest absolute Gasteiger partial charge is 0.310 e. The van der Waals surface area contributed by atoms with E-state index in [9.17, 15) is 0 Å². The molecule has 0 bridgehead atoms. The highest BCUT2D eigenvalue weighted by Gasteiger charge is 2.26. The first-order valence-corrected chi connectivity index (χ1v) is 33.5. The highest BCUT2D eigenvalue weighted by molar-refractivity contribution is 6.25. The Bertz CT molecular complexity index is 5590. The molecule has 0 aliphatic rings. The molecule has 0 spiro atoms. The summed E-state index contributed by atoms with van der Waals surface area (Å²) < 4.78 is 0. The fourth-order valence-electron chi connectivity index (χ4n) is 14.6. The third kappa shape index (κ3) is 10.6. The number of hydrogen-bond donors (Lipinski definition) is 0. The maximum atomic E-state index is 2.50. The van der Waals surface area contributed by atoms with Crippen LogP contribution in [0.5, 0.6) is 0 Å². The van der Waals surface area contributed by atoms with E-state index in [1.165, 1.54) is 115 Å². The number of nitrogens with zero attached hydrogens (tertiary/aromatic N) is 4. The molecule has 0 N–H and O–H groups in total. The van der Waals surface area contributed by atoms with Crippen LogP contribution in [0.3, 0.4) is 0 Å². The number of hydrogen-bond acceptors (Lipinski definition) is 4. The van der Waals surface area contributed by atoms with E-state index in [2.05, 4.69) is 377 Å². The molecule has 0 fully saturated rings. The van der Waals surface area contributed by atoms with Gasteiger partial charge >= 0.3 is 0 Å². The summed E-state index contributed by atoms with van der Waals surface area (Å²) in [5.41, 5.74) is 24.9. The normalized spacial score (nSPS) is 11.5. The van der Waals surface area contributed by atoms with E-state index in [1.807, 2.05) is 0 Å². The third-order valence-corrected chi connectivity index (χ3v) is 20.1. The van der Waals surface area contributed by atoms with Crippen molar-refractivity contribution in [1.29, 1.82) is 0 Å². The average Bonchev–Trinajstić information content (AvgIpc) is 0.737. The summed E-state index contributed by atoms with van der Waals surface area (Å²) in [6.07, 6.45) is 0.760. The molecule has 0 atom stereocenters. The van der Waals surface area contributed by atoms with Crippen LogP contribution in [0.4, 0.5) is 68.2 Å². The van der Waals surface area contributed by atoms with Crippen molar-refractivity contribution < 1.29 is 0 Å². The van der Waals surface area contributed by atoms with Gasteiger partial charge in [0.1, 0.15) is 0 Å². The van der Waals surface area contributed by atoms with E-state index in [1.54, 1.807) is 0 Å². The van der Waals surface area contributed by atoms with Gasteiger partial charge in [0.25, 0.3) is 0 Å². The molecule has 0 aliphatic heterocycles. The number of benzene rings is 16. The Morgan fingerprint density at radius 1 is 0.198 bits per heavy atom. The Morgan fingerprint density at radius 2 is 0.562 bits per heavy atom. The van der Waals surface area contributed by atoms with Crippen molar-refractivity contribution in [3.05, 3.63) is 359 Å². The number of anilines is 12. The third-order valence-electron chi connectivity index (χ3n) is 20.1. The Hall–Kier alpha value is -11.7. The molecule has 16 aromatic carbocycles. The molecule has 0 saturated heterocycles. The minimum atomic E-state index is 0.760. The van der Waals surface area contributed by atoms with E-state index in [0.29, 0.717) is 0 Å². The first-order chi connectivity index (χ1) is 47.0. The van der Waals surface area contributed by atoms with Crippen molar-refractivity contribution in [1.82, 2.24) is 0 Å². The fraction of sp³-hybridized carbons (Fsp3) is 0.0870. The van der Waals surface area contributed by atoms with Gasteiger partial charge in [-0.15, -0.1) is 0 Å². The zero-order chi connectivity index (χ0) is 65.1. The molecule has 462 valence electrons. The Labute approximate surface area is 563 Å². The van der Waals surface area contributed by atoms with Crippen molar-refractivity contribution >= 4 is 133 Å². The van der Waals surface area contributed by atoms with Crippen molar-refractivity contribution in [2.24, 2.45) is 0 Å². The van der Waals surface area contributed by atoms with Crippen molar-refractivity contribution in [3.63, 3.8) is 0 Å². The first-order valence-electron chi connectivity index (χ1n) is 33.5. The van der Waals surface area contributed by atoms with Crippen LogP contribution in [0.1, 0.15) is 50.1 Å². The standard InChI is InChI=1S/C92H74N4/c1-60-41-45-74(51-63(60)4)94(75-46-42-61(2)64(5)52-75)90-58-87-80-36-20-22-38-83(80)91(59-88(87)79-35-19-21-37-82(79)90)95(76-47-43-62(3)65(6)53-76)77-48-44-68(66(7)54-77)55-67-25-23-33-73(56-67)93(70-27-11-8-12-28-70)89-40-24-39-81-84(89)49-50-85-86(81)57-69-26-17-18-34-78(69)92(85)96(71-29-13-9-14-30-71)72-31-15-10-16-32-72/h8-54,56-59H,55H2,1-7H3. The zero-order valence-corrected chi connectivity index (χ0v) is 55.4. The lowest BCUT2D eigenvalue weighted by atomic mass is 9.93.